The quantitative estimate of drug-likeness (QED) is 0.908. The van der Waals surface area contributed by atoms with E-state index in [0.717, 1.165) is 24.8 Å². The smallest absolute Gasteiger partial charge is 0.0897 e. The summed E-state index contributed by atoms with van der Waals surface area (Å²) < 4.78 is 0. The Morgan fingerprint density at radius 3 is 2.58 bits per heavy atom. The maximum atomic E-state index is 5.99. The molecular formula is C16H28N2S. The van der Waals surface area contributed by atoms with Crippen LogP contribution in [0, 0.1) is 30.1 Å². The Hall–Kier alpha value is -0.410. The summed E-state index contributed by atoms with van der Waals surface area (Å²) >= 11 is 1.77. The number of aryl methyl sites for hydroxylation is 1. The van der Waals surface area contributed by atoms with Crippen LogP contribution in [-0.2, 0) is 6.42 Å². The molecule has 1 saturated carbocycles. The van der Waals surface area contributed by atoms with Gasteiger partial charge >= 0.3 is 0 Å². The fraction of sp³-hybridized carbons (Fsp3) is 0.812. The topological polar surface area (TPSA) is 38.9 Å². The average Bonchev–Trinajstić information content (AvgIpc) is 2.73. The zero-order chi connectivity index (χ0) is 14.0. The van der Waals surface area contributed by atoms with Gasteiger partial charge in [-0.15, -0.1) is 11.3 Å². The first-order valence-electron chi connectivity index (χ1n) is 7.51. The molecule has 1 heterocycles. The minimum atomic E-state index is 0.426. The van der Waals surface area contributed by atoms with Gasteiger partial charge in [-0.2, -0.15) is 0 Å². The van der Waals surface area contributed by atoms with Crippen molar-refractivity contribution in [2.45, 2.75) is 53.4 Å². The van der Waals surface area contributed by atoms with Crippen LogP contribution < -0.4 is 5.73 Å². The highest BCUT2D eigenvalue weighted by Gasteiger charge is 2.35. The van der Waals surface area contributed by atoms with Gasteiger partial charge in [0.05, 0.1) is 10.7 Å². The molecule has 1 aromatic rings. The molecule has 0 aliphatic heterocycles. The molecule has 1 aromatic heterocycles. The van der Waals surface area contributed by atoms with Gasteiger partial charge in [0.25, 0.3) is 0 Å². The molecule has 0 bridgehead atoms. The number of rotatable bonds is 3. The van der Waals surface area contributed by atoms with E-state index >= 15 is 0 Å². The van der Waals surface area contributed by atoms with Crippen LogP contribution in [-0.4, -0.2) is 11.5 Å². The predicted molar refractivity (Wildman–Crippen MR) is 83.4 cm³/mol. The Balaban J connectivity index is 2.05. The molecule has 0 saturated heterocycles. The summed E-state index contributed by atoms with van der Waals surface area (Å²) in [7, 11) is 0. The molecular weight excluding hydrogens is 252 g/mol. The van der Waals surface area contributed by atoms with Gasteiger partial charge in [0.2, 0.25) is 0 Å². The molecule has 1 aliphatic carbocycles. The van der Waals surface area contributed by atoms with Crippen molar-refractivity contribution < 1.29 is 0 Å². The highest BCUT2D eigenvalue weighted by atomic mass is 32.1. The van der Waals surface area contributed by atoms with Crippen molar-refractivity contribution in [1.29, 1.82) is 0 Å². The summed E-state index contributed by atoms with van der Waals surface area (Å²) in [6, 6.07) is 0. The lowest BCUT2D eigenvalue weighted by atomic mass is 9.64. The molecule has 2 N–H and O–H groups in total. The molecule has 3 unspecified atom stereocenters. The molecule has 0 radical (unpaired) electrons. The molecule has 3 atom stereocenters. The van der Waals surface area contributed by atoms with E-state index in [9.17, 15) is 0 Å². The Labute approximate surface area is 121 Å². The van der Waals surface area contributed by atoms with Crippen LogP contribution in [0.2, 0.25) is 0 Å². The van der Waals surface area contributed by atoms with Gasteiger partial charge < -0.3 is 5.73 Å². The highest BCUT2D eigenvalue weighted by Crippen LogP contribution is 2.43. The first-order valence-corrected chi connectivity index (χ1v) is 8.39. The van der Waals surface area contributed by atoms with E-state index in [1.54, 1.807) is 11.3 Å². The minimum Gasteiger partial charge on any atom is -0.330 e. The van der Waals surface area contributed by atoms with Crippen LogP contribution in [0.15, 0.2) is 5.38 Å². The number of thiazole rings is 1. The second-order valence-corrected chi connectivity index (χ2v) is 8.26. The molecule has 1 aliphatic rings. The summed E-state index contributed by atoms with van der Waals surface area (Å²) in [5, 5.41) is 3.41. The third-order valence-corrected chi connectivity index (χ3v) is 5.63. The number of nitrogens with zero attached hydrogens (tertiary/aromatic N) is 1. The molecule has 0 spiro atoms. The summed E-state index contributed by atoms with van der Waals surface area (Å²) in [6.07, 6.45) is 5.09. The van der Waals surface area contributed by atoms with Crippen LogP contribution in [0.25, 0.3) is 0 Å². The molecule has 0 aromatic carbocycles. The molecule has 2 rings (SSSR count). The van der Waals surface area contributed by atoms with Gasteiger partial charge in [0, 0.05) is 5.38 Å². The number of hydrogen-bond donors (Lipinski definition) is 1. The van der Waals surface area contributed by atoms with E-state index in [1.807, 2.05) is 0 Å². The van der Waals surface area contributed by atoms with E-state index in [0.29, 0.717) is 11.3 Å². The first-order chi connectivity index (χ1) is 8.90. The van der Waals surface area contributed by atoms with Gasteiger partial charge in [-0.05, 0) is 62.3 Å². The van der Waals surface area contributed by atoms with Gasteiger partial charge in [-0.25, -0.2) is 4.98 Å². The van der Waals surface area contributed by atoms with Gasteiger partial charge in [-0.1, -0.05) is 20.8 Å². The van der Waals surface area contributed by atoms with E-state index in [1.165, 1.54) is 30.0 Å². The molecule has 0 amide bonds. The molecule has 3 heteroatoms. The van der Waals surface area contributed by atoms with Crippen molar-refractivity contribution in [3.63, 3.8) is 0 Å². The zero-order valence-corrected chi connectivity index (χ0v) is 13.6. The number of hydrogen-bond acceptors (Lipinski definition) is 3. The van der Waals surface area contributed by atoms with E-state index < -0.39 is 0 Å². The second-order valence-electron chi connectivity index (χ2n) is 7.19. The Bertz CT molecular complexity index is 405. The third-order valence-electron chi connectivity index (χ3n) is 4.81. The van der Waals surface area contributed by atoms with Crippen molar-refractivity contribution in [1.82, 2.24) is 4.98 Å². The molecule has 1 fully saturated rings. The summed E-state index contributed by atoms with van der Waals surface area (Å²) in [4.78, 5) is 4.64. The van der Waals surface area contributed by atoms with Crippen LogP contribution in [0.4, 0.5) is 0 Å². The third kappa shape index (κ3) is 3.79. The van der Waals surface area contributed by atoms with Crippen molar-refractivity contribution in [3.8, 4) is 0 Å². The van der Waals surface area contributed by atoms with E-state index in [-0.39, 0.29) is 0 Å². The van der Waals surface area contributed by atoms with Crippen LogP contribution in [0.1, 0.15) is 50.7 Å². The van der Waals surface area contributed by atoms with E-state index in [4.69, 9.17) is 5.73 Å². The summed E-state index contributed by atoms with van der Waals surface area (Å²) in [5.74, 6) is 2.25. The monoisotopic (exact) mass is 280 g/mol. The van der Waals surface area contributed by atoms with Crippen molar-refractivity contribution >= 4 is 11.3 Å². The minimum absolute atomic E-state index is 0.426. The molecule has 19 heavy (non-hydrogen) atoms. The first kappa shape index (κ1) is 15.0. The normalized spacial score (nSPS) is 28.6. The second kappa shape index (κ2) is 5.92. The molecule has 108 valence electrons. The van der Waals surface area contributed by atoms with Gasteiger partial charge in [0.1, 0.15) is 0 Å². The highest BCUT2D eigenvalue weighted by molar-refractivity contribution is 7.09. The number of aromatic nitrogens is 1. The maximum Gasteiger partial charge on any atom is 0.0897 e. The van der Waals surface area contributed by atoms with Gasteiger partial charge in [0.15, 0.2) is 0 Å². The van der Waals surface area contributed by atoms with Gasteiger partial charge in [-0.3, -0.25) is 0 Å². The Morgan fingerprint density at radius 2 is 2.05 bits per heavy atom. The Morgan fingerprint density at radius 1 is 1.32 bits per heavy atom. The summed E-state index contributed by atoms with van der Waals surface area (Å²) in [5.41, 5.74) is 7.69. The lowest BCUT2D eigenvalue weighted by Gasteiger charge is -2.41. The number of nitrogens with two attached hydrogens (primary N) is 1. The SMILES string of the molecule is Cc1nc(CC2CC(C(C)(C)C)CCC2CN)cs1. The summed E-state index contributed by atoms with van der Waals surface area (Å²) in [6.45, 7) is 10.1. The average molecular weight is 280 g/mol. The standard InChI is InChI=1S/C16H28N2S/c1-11-18-15(10-19-11)8-13-7-14(16(2,3)4)6-5-12(13)9-17/h10,12-14H,5-9,17H2,1-4H3. The lowest BCUT2D eigenvalue weighted by molar-refractivity contribution is 0.101. The largest absolute Gasteiger partial charge is 0.330 e. The van der Waals surface area contributed by atoms with E-state index in [2.05, 4.69) is 38.1 Å². The van der Waals surface area contributed by atoms with Crippen molar-refractivity contribution in [3.05, 3.63) is 16.1 Å². The van der Waals surface area contributed by atoms with Crippen LogP contribution in [0.5, 0.6) is 0 Å². The Kier molecular flexibility index (Phi) is 4.67. The lowest BCUT2D eigenvalue weighted by Crippen LogP contribution is -2.36. The van der Waals surface area contributed by atoms with Crippen molar-refractivity contribution in [2.75, 3.05) is 6.54 Å². The van der Waals surface area contributed by atoms with Crippen LogP contribution in [0.3, 0.4) is 0 Å². The molecule has 2 nitrogen and oxygen atoms in total. The fourth-order valence-corrected chi connectivity index (χ4v) is 4.07. The van der Waals surface area contributed by atoms with Crippen LogP contribution >= 0.6 is 11.3 Å². The maximum absolute atomic E-state index is 5.99. The fourth-order valence-electron chi connectivity index (χ4n) is 3.44. The zero-order valence-electron chi connectivity index (χ0n) is 12.8. The predicted octanol–water partition coefficient (Wildman–Crippen LogP) is 4.03. The van der Waals surface area contributed by atoms with Crippen molar-refractivity contribution in [2.24, 2.45) is 28.9 Å².